The van der Waals surface area contributed by atoms with E-state index in [1.807, 2.05) is 12.1 Å². The fraction of sp³-hybridized carbons (Fsp3) is 0.333. The molecule has 0 aromatic heterocycles. The number of para-hydroxylation sites is 1. The minimum Gasteiger partial charge on any atom is -0.486 e. The Morgan fingerprint density at radius 3 is 2.76 bits per heavy atom. The van der Waals surface area contributed by atoms with Crippen LogP contribution in [0.15, 0.2) is 36.4 Å². The molecule has 3 rings (SSSR count). The van der Waals surface area contributed by atoms with Crippen molar-refractivity contribution in [3.63, 3.8) is 0 Å². The third kappa shape index (κ3) is 3.08. The van der Waals surface area contributed by atoms with Crippen LogP contribution in [0.2, 0.25) is 0 Å². The molecule has 0 saturated heterocycles. The smallest absolute Gasteiger partial charge is 0.165 e. The number of rotatable bonds is 3. The van der Waals surface area contributed by atoms with Crippen molar-refractivity contribution < 1.29 is 9.47 Å². The quantitative estimate of drug-likeness (QED) is 0.746. The molecule has 0 aliphatic carbocycles. The van der Waals surface area contributed by atoms with Crippen LogP contribution in [-0.2, 0) is 6.42 Å². The second kappa shape index (κ2) is 6.10. The van der Waals surface area contributed by atoms with Crippen molar-refractivity contribution in [1.29, 1.82) is 0 Å². The van der Waals surface area contributed by atoms with Crippen LogP contribution >= 0.6 is 15.9 Å². The minimum atomic E-state index is 0.217. The monoisotopic (exact) mass is 346 g/mol. The van der Waals surface area contributed by atoms with Crippen LogP contribution < -0.4 is 9.47 Å². The summed E-state index contributed by atoms with van der Waals surface area (Å²) in [5, 5.41) is 0. The third-order valence-corrected chi connectivity index (χ3v) is 4.65. The van der Waals surface area contributed by atoms with Gasteiger partial charge < -0.3 is 9.47 Å². The summed E-state index contributed by atoms with van der Waals surface area (Å²) in [7, 11) is 0. The van der Waals surface area contributed by atoms with Crippen LogP contribution in [0.3, 0.4) is 0 Å². The van der Waals surface area contributed by atoms with Crippen molar-refractivity contribution >= 4 is 15.9 Å². The van der Waals surface area contributed by atoms with Crippen LogP contribution in [0.1, 0.15) is 27.1 Å². The van der Waals surface area contributed by atoms with Gasteiger partial charge in [-0.3, -0.25) is 0 Å². The molecule has 1 atom stereocenters. The summed E-state index contributed by atoms with van der Waals surface area (Å²) < 4.78 is 11.5. The molecule has 21 heavy (non-hydrogen) atoms. The van der Waals surface area contributed by atoms with E-state index in [9.17, 15) is 0 Å². The van der Waals surface area contributed by atoms with E-state index in [1.165, 1.54) is 16.7 Å². The molecular weight excluding hydrogens is 328 g/mol. The van der Waals surface area contributed by atoms with Gasteiger partial charge in [-0.1, -0.05) is 51.8 Å². The normalized spacial score (nSPS) is 14.8. The average Bonchev–Trinajstić information content (AvgIpc) is 2.50. The van der Waals surface area contributed by atoms with Gasteiger partial charge in [-0.15, -0.1) is 0 Å². The maximum absolute atomic E-state index is 5.81. The number of halogens is 1. The summed E-state index contributed by atoms with van der Waals surface area (Å²) in [6, 6.07) is 12.7. The van der Waals surface area contributed by atoms with Crippen LogP contribution in [0, 0.1) is 13.8 Å². The molecule has 2 nitrogen and oxygen atoms in total. The summed E-state index contributed by atoms with van der Waals surface area (Å²) in [5.74, 6) is 1.74. The first-order valence-electron chi connectivity index (χ1n) is 7.24. The number of ether oxygens (including phenoxy) is 2. The Balaban J connectivity index is 1.89. The fourth-order valence-electron chi connectivity index (χ4n) is 2.67. The van der Waals surface area contributed by atoms with E-state index >= 15 is 0 Å². The zero-order valence-electron chi connectivity index (χ0n) is 12.4. The van der Waals surface area contributed by atoms with Crippen molar-refractivity contribution in [2.24, 2.45) is 0 Å². The van der Waals surface area contributed by atoms with Gasteiger partial charge >= 0.3 is 0 Å². The van der Waals surface area contributed by atoms with E-state index in [4.69, 9.17) is 9.47 Å². The molecule has 110 valence electrons. The molecular formula is C18H19BrO2. The van der Waals surface area contributed by atoms with E-state index in [0.717, 1.165) is 23.5 Å². The molecule has 1 aliphatic heterocycles. The van der Waals surface area contributed by atoms with Gasteiger partial charge in [-0.2, -0.15) is 0 Å². The van der Waals surface area contributed by atoms with E-state index in [-0.39, 0.29) is 4.83 Å². The topological polar surface area (TPSA) is 18.5 Å². The predicted molar refractivity (Wildman–Crippen MR) is 88.7 cm³/mol. The lowest BCUT2D eigenvalue weighted by atomic mass is 9.98. The van der Waals surface area contributed by atoms with Gasteiger partial charge in [-0.05, 0) is 37.5 Å². The maximum Gasteiger partial charge on any atom is 0.165 e. The molecule has 0 radical (unpaired) electrons. The Bertz CT molecular complexity index is 652. The molecule has 0 spiro atoms. The molecule has 0 fully saturated rings. The molecule has 0 N–H and O–H groups in total. The van der Waals surface area contributed by atoms with Crippen molar-refractivity contribution in [2.75, 3.05) is 13.2 Å². The molecule has 2 aromatic rings. The first-order chi connectivity index (χ1) is 10.1. The molecule has 1 unspecified atom stereocenters. The highest BCUT2D eigenvalue weighted by Crippen LogP contribution is 2.41. The molecule has 1 aliphatic rings. The van der Waals surface area contributed by atoms with Gasteiger partial charge in [0.2, 0.25) is 0 Å². The standard InChI is InChI=1S/C18H19BrO2/c1-12-6-7-13(2)14(10-12)11-16(19)15-4-3-5-17-18(15)21-9-8-20-17/h3-7,10,16H,8-9,11H2,1-2H3. The summed E-state index contributed by atoms with van der Waals surface area (Å²) >= 11 is 3.82. The number of hydrogen-bond donors (Lipinski definition) is 0. The van der Waals surface area contributed by atoms with Crippen molar-refractivity contribution in [3.05, 3.63) is 58.7 Å². The van der Waals surface area contributed by atoms with Crippen LogP contribution in [0.25, 0.3) is 0 Å². The van der Waals surface area contributed by atoms with E-state index in [1.54, 1.807) is 0 Å². The number of aryl methyl sites for hydroxylation is 2. The molecule has 2 aromatic carbocycles. The van der Waals surface area contributed by atoms with E-state index in [2.05, 4.69) is 54.0 Å². The second-order valence-electron chi connectivity index (χ2n) is 5.47. The number of hydrogen-bond acceptors (Lipinski definition) is 2. The van der Waals surface area contributed by atoms with Crippen molar-refractivity contribution in [1.82, 2.24) is 0 Å². The van der Waals surface area contributed by atoms with E-state index in [0.29, 0.717) is 13.2 Å². The van der Waals surface area contributed by atoms with Crippen LogP contribution in [0.4, 0.5) is 0 Å². The Kier molecular flexibility index (Phi) is 4.20. The van der Waals surface area contributed by atoms with Gasteiger partial charge in [0, 0.05) is 10.4 Å². The summed E-state index contributed by atoms with van der Waals surface area (Å²) in [4.78, 5) is 0.217. The van der Waals surface area contributed by atoms with Gasteiger partial charge in [0.1, 0.15) is 13.2 Å². The predicted octanol–water partition coefficient (Wildman–Crippen LogP) is 4.75. The molecule has 0 saturated carbocycles. The first-order valence-corrected chi connectivity index (χ1v) is 8.15. The zero-order valence-corrected chi connectivity index (χ0v) is 13.9. The summed E-state index contributed by atoms with van der Waals surface area (Å²) in [5.41, 5.74) is 5.15. The molecule has 0 bridgehead atoms. The van der Waals surface area contributed by atoms with Crippen LogP contribution in [-0.4, -0.2) is 13.2 Å². The summed E-state index contributed by atoms with van der Waals surface area (Å²) in [6.45, 7) is 5.54. The third-order valence-electron chi connectivity index (χ3n) is 3.84. The first kappa shape index (κ1) is 14.5. The van der Waals surface area contributed by atoms with Gasteiger partial charge in [-0.25, -0.2) is 0 Å². The lowest BCUT2D eigenvalue weighted by molar-refractivity contribution is 0.170. The molecule has 0 amide bonds. The zero-order chi connectivity index (χ0) is 14.8. The Hall–Kier alpha value is -1.48. The second-order valence-corrected chi connectivity index (χ2v) is 6.58. The minimum absolute atomic E-state index is 0.217. The molecule has 3 heteroatoms. The van der Waals surface area contributed by atoms with Crippen LogP contribution in [0.5, 0.6) is 11.5 Å². The van der Waals surface area contributed by atoms with Gasteiger partial charge in [0.05, 0.1) is 0 Å². The lowest BCUT2D eigenvalue weighted by Gasteiger charge is -2.23. The fourth-order valence-corrected chi connectivity index (χ4v) is 3.38. The van der Waals surface area contributed by atoms with E-state index < -0.39 is 0 Å². The lowest BCUT2D eigenvalue weighted by Crippen LogP contribution is -2.17. The Morgan fingerprint density at radius 1 is 1.10 bits per heavy atom. The SMILES string of the molecule is Cc1ccc(C)c(CC(Br)c2cccc3c2OCCO3)c1. The molecule has 1 heterocycles. The highest BCUT2D eigenvalue weighted by atomic mass is 79.9. The number of benzene rings is 2. The highest BCUT2D eigenvalue weighted by molar-refractivity contribution is 9.09. The maximum atomic E-state index is 5.81. The van der Waals surface area contributed by atoms with Crippen molar-refractivity contribution in [2.45, 2.75) is 25.1 Å². The number of fused-ring (bicyclic) bond motifs is 1. The average molecular weight is 347 g/mol. The Morgan fingerprint density at radius 2 is 1.90 bits per heavy atom. The summed E-state index contributed by atoms with van der Waals surface area (Å²) in [6.07, 6.45) is 0.938. The van der Waals surface area contributed by atoms with Gasteiger partial charge in [0.25, 0.3) is 0 Å². The Labute approximate surface area is 134 Å². The van der Waals surface area contributed by atoms with Gasteiger partial charge in [0.15, 0.2) is 11.5 Å². The highest BCUT2D eigenvalue weighted by Gasteiger charge is 2.21. The largest absolute Gasteiger partial charge is 0.486 e. The van der Waals surface area contributed by atoms with Crippen molar-refractivity contribution in [3.8, 4) is 11.5 Å². The number of alkyl halides is 1.